The Kier molecular flexibility index (Phi) is 5.29. The topological polar surface area (TPSA) is 57.4 Å². The van der Waals surface area contributed by atoms with Crippen LogP contribution in [-0.2, 0) is 33.6 Å². The van der Waals surface area contributed by atoms with Gasteiger partial charge < -0.3 is 9.97 Å². The van der Waals surface area contributed by atoms with E-state index in [0.717, 1.165) is 44.8 Å². The van der Waals surface area contributed by atoms with Gasteiger partial charge in [0.25, 0.3) is 0 Å². The van der Waals surface area contributed by atoms with Crippen molar-refractivity contribution in [3.63, 3.8) is 0 Å². The Hall–Kier alpha value is -2.39. The molecule has 0 spiro atoms. The molecule has 0 saturated carbocycles. The van der Waals surface area contributed by atoms with Crippen LogP contribution in [-0.4, -0.2) is 19.9 Å². The Bertz CT molecular complexity index is 1080. The molecule has 6 heteroatoms. The van der Waals surface area contributed by atoms with Crippen LogP contribution in [0.25, 0.3) is 46.4 Å². The summed E-state index contributed by atoms with van der Waals surface area (Å²) < 4.78 is 0. The first-order valence-corrected chi connectivity index (χ1v) is 7.85. The Morgan fingerprint density at radius 2 is 0.808 bits per heavy atom. The van der Waals surface area contributed by atoms with E-state index >= 15 is 0 Å². The Balaban J connectivity index is 0.000000980. The van der Waals surface area contributed by atoms with Crippen molar-refractivity contribution in [2.75, 3.05) is 0 Å². The van der Waals surface area contributed by atoms with Crippen molar-refractivity contribution in [1.82, 2.24) is 19.9 Å². The standard InChI is InChI=1S/C20H14N4.2Co/c1-2-14-10-16-5-6-18(23-16)12-20-8-7-19(24-20)11-17-4-3-15(22-17)9-13(1)21-14;;/h1-12,21-22H;;. The molecule has 0 unspecified atom stereocenters. The first kappa shape index (κ1) is 18.4. The van der Waals surface area contributed by atoms with Crippen LogP contribution in [0.1, 0.15) is 22.8 Å². The molecule has 5 heterocycles. The van der Waals surface area contributed by atoms with Crippen molar-refractivity contribution < 1.29 is 33.6 Å². The number of hydrogen-bond donors (Lipinski definition) is 2. The van der Waals surface area contributed by atoms with Gasteiger partial charge in [0.1, 0.15) is 0 Å². The SMILES string of the molecule is C1=Cc2cc3ccc(cc4ccc(cc5nc(cc1n2)C=C5)[nH]4)[nH]3.[Co].[Co]. The molecule has 0 fully saturated rings. The Morgan fingerprint density at radius 3 is 1.23 bits per heavy atom. The number of fused-ring (bicyclic) bond motifs is 8. The summed E-state index contributed by atoms with van der Waals surface area (Å²) in [4.78, 5) is 16.0. The molecule has 132 valence electrons. The number of aromatic amines is 2. The third kappa shape index (κ3) is 3.73. The minimum absolute atomic E-state index is 0. The molecule has 3 aromatic rings. The van der Waals surface area contributed by atoms with Crippen LogP contribution >= 0.6 is 0 Å². The molecule has 0 aromatic carbocycles. The molecule has 4 nitrogen and oxygen atoms in total. The molecule has 0 amide bonds. The summed E-state index contributed by atoms with van der Waals surface area (Å²) in [6.45, 7) is 0. The van der Waals surface area contributed by atoms with Crippen LogP contribution in [0.5, 0.6) is 0 Å². The van der Waals surface area contributed by atoms with Gasteiger partial charge in [-0.05, 0) is 72.8 Å². The van der Waals surface area contributed by atoms with Crippen molar-refractivity contribution in [3.05, 3.63) is 71.3 Å². The van der Waals surface area contributed by atoms with Crippen LogP contribution < -0.4 is 0 Å². The first-order chi connectivity index (χ1) is 11.8. The molecule has 2 radical (unpaired) electrons. The van der Waals surface area contributed by atoms with Gasteiger partial charge in [-0.2, -0.15) is 0 Å². The normalized spacial score (nSPS) is 11.7. The number of H-pyrrole nitrogens is 2. The molecule has 0 atom stereocenters. The van der Waals surface area contributed by atoms with Gasteiger partial charge in [0.2, 0.25) is 0 Å². The zero-order valence-corrected chi connectivity index (χ0v) is 15.6. The van der Waals surface area contributed by atoms with E-state index in [1.807, 2.05) is 42.5 Å². The monoisotopic (exact) mass is 428 g/mol. The van der Waals surface area contributed by atoms with Crippen LogP contribution in [0.4, 0.5) is 0 Å². The average Bonchev–Trinajstić information content (AvgIpc) is 3.32. The fourth-order valence-electron chi connectivity index (χ4n) is 2.94. The van der Waals surface area contributed by atoms with Crippen molar-refractivity contribution in [2.45, 2.75) is 0 Å². The molecule has 8 bridgehead atoms. The van der Waals surface area contributed by atoms with E-state index in [-0.39, 0.29) is 33.6 Å². The second kappa shape index (κ2) is 7.47. The fraction of sp³-hybridized carbons (Fsp3) is 0. The average molecular weight is 428 g/mol. The first-order valence-electron chi connectivity index (χ1n) is 7.85. The molecule has 2 aliphatic rings. The molecular weight excluding hydrogens is 414 g/mol. The Labute approximate surface area is 170 Å². The van der Waals surface area contributed by atoms with E-state index in [1.165, 1.54) is 0 Å². The van der Waals surface area contributed by atoms with Gasteiger partial charge in [-0.3, -0.25) is 0 Å². The largest absolute Gasteiger partial charge is 0.355 e. The van der Waals surface area contributed by atoms with Gasteiger partial charge in [0.15, 0.2) is 0 Å². The number of rotatable bonds is 0. The number of hydrogen-bond acceptors (Lipinski definition) is 2. The summed E-state index contributed by atoms with van der Waals surface area (Å²) in [6, 6.07) is 16.4. The van der Waals surface area contributed by atoms with E-state index in [2.05, 4.69) is 50.3 Å². The predicted molar refractivity (Wildman–Crippen MR) is 98.9 cm³/mol. The fourth-order valence-corrected chi connectivity index (χ4v) is 2.94. The molecule has 26 heavy (non-hydrogen) atoms. The van der Waals surface area contributed by atoms with Crippen LogP contribution in [0.2, 0.25) is 0 Å². The summed E-state index contributed by atoms with van der Waals surface area (Å²) in [5.41, 5.74) is 7.86. The van der Waals surface area contributed by atoms with E-state index in [9.17, 15) is 0 Å². The second-order valence-corrected chi connectivity index (χ2v) is 5.91. The van der Waals surface area contributed by atoms with Gasteiger partial charge in [0, 0.05) is 55.6 Å². The number of nitrogens with one attached hydrogen (secondary N) is 2. The molecular formula is C20H14Co2N4. The smallest absolute Gasteiger partial charge is 0.0659 e. The summed E-state index contributed by atoms with van der Waals surface area (Å²) in [6.07, 6.45) is 8.05. The maximum absolute atomic E-state index is 4.62. The van der Waals surface area contributed by atoms with Crippen molar-refractivity contribution >= 4 is 46.4 Å². The summed E-state index contributed by atoms with van der Waals surface area (Å²) in [5.74, 6) is 0. The third-order valence-corrected chi connectivity index (χ3v) is 4.04. The predicted octanol–water partition coefficient (Wildman–Crippen LogP) is 4.65. The van der Waals surface area contributed by atoms with E-state index in [4.69, 9.17) is 0 Å². The molecule has 2 aliphatic heterocycles. The van der Waals surface area contributed by atoms with Crippen molar-refractivity contribution in [3.8, 4) is 0 Å². The zero-order valence-electron chi connectivity index (χ0n) is 13.5. The van der Waals surface area contributed by atoms with Crippen molar-refractivity contribution in [2.24, 2.45) is 0 Å². The second-order valence-electron chi connectivity index (χ2n) is 5.91. The summed E-state index contributed by atoms with van der Waals surface area (Å²) in [5, 5.41) is 0. The minimum atomic E-state index is 0. The van der Waals surface area contributed by atoms with E-state index in [1.54, 1.807) is 0 Å². The number of aromatic nitrogens is 4. The summed E-state index contributed by atoms with van der Waals surface area (Å²) in [7, 11) is 0. The zero-order chi connectivity index (χ0) is 15.9. The van der Waals surface area contributed by atoms with Crippen LogP contribution in [0.15, 0.2) is 48.5 Å². The van der Waals surface area contributed by atoms with Crippen molar-refractivity contribution in [1.29, 1.82) is 0 Å². The summed E-state index contributed by atoms with van der Waals surface area (Å²) >= 11 is 0. The Morgan fingerprint density at radius 1 is 0.462 bits per heavy atom. The quantitative estimate of drug-likeness (QED) is 0.377. The molecule has 0 aliphatic carbocycles. The van der Waals surface area contributed by atoms with Gasteiger partial charge in [0.05, 0.1) is 22.8 Å². The van der Waals surface area contributed by atoms with Gasteiger partial charge in [-0.25, -0.2) is 9.97 Å². The minimum Gasteiger partial charge on any atom is -0.355 e. The number of nitrogens with zero attached hydrogens (tertiary/aromatic N) is 2. The molecule has 5 rings (SSSR count). The van der Waals surface area contributed by atoms with E-state index in [0.29, 0.717) is 0 Å². The van der Waals surface area contributed by atoms with Crippen LogP contribution in [0.3, 0.4) is 0 Å². The van der Waals surface area contributed by atoms with Gasteiger partial charge >= 0.3 is 0 Å². The molecule has 2 N–H and O–H groups in total. The van der Waals surface area contributed by atoms with Crippen LogP contribution in [0, 0.1) is 0 Å². The maximum Gasteiger partial charge on any atom is 0.0659 e. The van der Waals surface area contributed by atoms with E-state index < -0.39 is 0 Å². The third-order valence-electron chi connectivity index (χ3n) is 4.04. The molecule has 0 saturated heterocycles. The maximum atomic E-state index is 4.62. The van der Waals surface area contributed by atoms with Gasteiger partial charge in [-0.15, -0.1) is 0 Å². The molecule has 3 aromatic heterocycles. The van der Waals surface area contributed by atoms with Gasteiger partial charge in [-0.1, -0.05) is 0 Å².